The van der Waals surface area contributed by atoms with Crippen molar-refractivity contribution in [2.24, 2.45) is 0 Å². The minimum absolute atomic E-state index is 0.0493. The standard InChI is InChI=1S/C36H42ClF3N4O8S/c1-22-9-13-30(50-7)27(17-22)35(44(5)21-25(19-29(44)33(45)41-2)51-16-8-15-42(3)4)26-18-23(37)10-12-28(26)43(34(35)46)53(47,48)32-14-11-24(49-6)20-31(32)52-36(38,39)40/h9-14,17-18,20,25,29H,8,15-16,19,21H2,1-7H3/p+1/t25-,29+,35?,44?/m1/s1. The van der Waals surface area contributed by atoms with Crippen molar-refractivity contribution in [2.75, 3.05) is 66.4 Å². The van der Waals surface area contributed by atoms with E-state index in [4.69, 9.17) is 25.8 Å². The minimum Gasteiger partial charge on any atom is -0.497 e. The van der Waals surface area contributed by atoms with Crippen molar-refractivity contribution in [1.82, 2.24) is 10.2 Å². The fourth-order valence-corrected chi connectivity index (χ4v) is 9.34. The monoisotopic (exact) mass is 783 g/mol. The van der Waals surface area contributed by atoms with Crippen LogP contribution < -0.4 is 23.8 Å². The third-order valence-corrected chi connectivity index (χ3v) is 11.8. The van der Waals surface area contributed by atoms with Gasteiger partial charge < -0.3 is 29.2 Å². The highest BCUT2D eigenvalue weighted by Gasteiger charge is 2.72. The summed E-state index contributed by atoms with van der Waals surface area (Å²) in [4.78, 5) is 30.8. The number of anilines is 1. The number of halogens is 4. The van der Waals surface area contributed by atoms with Crippen LogP contribution in [0.15, 0.2) is 59.5 Å². The lowest BCUT2D eigenvalue weighted by molar-refractivity contribution is -0.953. The van der Waals surface area contributed by atoms with Gasteiger partial charge in [-0.05, 0) is 76.4 Å². The van der Waals surface area contributed by atoms with Crippen molar-refractivity contribution >= 4 is 39.1 Å². The molecule has 288 valence electrons. The van der Waals surface area contributed by atoms with Gasteiger partial charge in [0, 0.05) is 31.2 Å². The zero-order valence-corrected chi connectivity index (χ0v) is 32.0. The van der Waals surface area contributed by atoms with Crippen molar-refractivity contribution < 1.29 is 54.6 Å². The molecule has 3 aromatic rings. The lowest BCUT2D eigenvalue weighted by Crippen LogP contribution is -2.69. The van der Waals surface area contributed by atoms with Gasteiger partial charge in [0.15, 0.2) is 11.8 Å². The lowest BCUT2D eigenvalue weighted by atomic mass is 9.78. The smallest absolute Gasteiger partial charge is 0.497 e. The van der Waals surface area contributed by atoms with Crippen LogP contribution in [0.4, 0.5) is 18.9 Å². The number of amides is 2. The van der Waals surface area contributed by atoms with E-state index in [1.54, 1.807) is 32.2 Å². The predicted molar refractivity (Wildman–Crippen MR) is 191 cm³/mol. The minimum atomic E-state index is -5.30. The number of alkyl halides is 3. The Morgan fingerprint density at radius 3 is 2.40 bits per heavy atom. The van der Waals surface area contributed by atoms with E-state index in [-0.39, 0.29) is 46.3 Å². The van der Waals surface area contributed by atoms with E-state index in [0.29, 0.717) is 22.9 Å². The Morgan fingerprint density at radius 2 is 1.77 bits per heavy atom. The summed E-state index contributed by atoms with van der Waals surface area (Å²) in [7, 11) is 4.37. The normalized spacial score (nSPS) is 22.9. The number of aryl methyl sites for hydroxylation is 1. The van der Waals surface area contributed by atoms with Crippen molar-refractivity contribution in [3.63, 3.8) is 0 Å². The lowest BCUT2D eigenvalue weighted by Gasteiger charge is -2.48. The molecular weight excluding hydrogens is 741 g/mol. The van der Waals surface area contributed by atoms with Gasteiger partial charge in [0.2, 0.25) is 5.54 Å². The zero-order valence-electron chi connectivity index (χ0n) is 30.4. The van der Waals surface area contributed by atoms with Gasteiger partial charge >= 0.3 is 12.3 Å². The number of methoxy groups -OCH3 is 2. The molecule has 0 aromatic heterocycles. The molecule has 0 bridgehead atoms. The second kappa shape index (κ2) is 15.0. The van der Waals surface area contributed by atoms with E-state index < -0.39 is 61.0 Å². The van der Waals surface area contributed by atoms with Crippen molar-refractivity contribution in [3.8, 4) is 17.2 Å². The Labute approximate surface area is 311 Å². The Bertz CT molecular complexity index is 2000. The van der Waals surface area contributed by atoms with Gasteiger partial charge in [0.25, 0.3) is 15.9 Å². The number of sulfonamides is 1. The highest BCUT2D eigenvalue weighted by atomic mass is 35.5. The molecule has 0 spiro atoms. The molecule has 5 rings (SSSR count). The number of hydrogen-bond donors (Lipinski definition) is 1. The van der Waals surface area contributed by atoms with Gasteiger partial charge in [-0.2, -0.15) is 4.31 Å². The Balaban J connectivity index is 1.83. The number of rotatable bonds is 13. The Morgan fingerprint density at radius 1 is 1.06 bits per heavy atom. The van der Waals surface area contributed by atoms with Crippen LogP contribution in [-0.4, -0.2) is 110 Å². The van der Waals surface area contributed by atoms with E-state index in [0.717, 1.165) is 24.7 Å². The molecule has 2 aliphatic heterocycles. The maximum atomic E-state index is 15.8. The average Bonchev–Trinajstić information content (AvgIpc) is 3.57. The molecule has 4 atom stereocenters. The summed E-state index contributed by atoms with van der Waals surface area (Å²) in [6.07, 6.45) is -5.02. The molecule has 0 aliphatic carbocycles. The highest BCUT2D eigenvalue weighted by molar-refractivity contribution is 7.93. The second-order valence-electron chi connectivity index (χ2n) is 13.5. The summed E-state index contributed by atoms with van der Waals surface area (Å²) < 4.78 is 92.3. The van der Waals surface area contributed by atoms with Crippen LogP contribution in [0.1, 0.15) is 29.5 Å². The molecule has 3 aromatic carbocycles. The number of carbonyl (C=O) groups excluding carboxylic acids is 2. The molecule has 2 aliphatic rings. The number of carbonyl (C=O) groups is 2. The SMILES string of the molecule is CNC(=O)[C@@H]1C[C@@H](OCCCN(C)C)C[N+]1(C)C1(c2cc(C)ccc2OC)C(=O)N(S(=O)(=O)c2ccc(OC)cc2OC(F)(F)F)c2ccc(Cl)cc21. The third kappa shape index (κ3) is 7.14. The summed E-state index contributed by atoms with van der Waals surface area (Å²) >= 11 is 6.63. The van der Waals surface area contributed by atoms with Crippen molar-refractivity contribution in [3.05, 3.63) is 76.3 Å². The molecule has 1 saturated heterocycles. The number of nitrogens with zero attached hydrogens (tertiary/aromatic N) is 3. The fourth-order valence-electron chi connectivity index (χ4n) is 7.61. The maximum Gasteiger partial charge on any atom is 0.573 e. The van der Waals surface area contributed by atoms with Crippen LogP contribution in [0, 0.1) is 6.92 Å². The first-order chi connectivity index (χ1) is 24.8. The largest absolute Gasteiger partial charge is 0.573 e. The molecule has 2 heterocycles. The predicted octanol–water partition coefficient (Wildman–Crippen LogP) is 4.85. The molecule has 17 heteroatoms. The van der Waals surface area contributed by atoms with Gasteiger partial charge in [0.05, 0.1) is 38.1 Å². The van der Waals surface area contributed by atoms with Crippen LogP contribution in [-0.2, 0) is 29.9 Å². The van der Waals surface area contributed by atoms with Gasteiger partial charge in [-0.3, -0.25) is 14.1 Å². The first-order valence-electron chi connectivity index (χ1n) is 16.7. The molecule has 0 radical (unpaired) electrons. The van der Waals surface area contributed by atoms with Gasteiger partial charge in [-0.15, -0.1) is 13.2 Å². The third-order valence-electron chi connectivity index (χ3n) is 9.88. The van der Waals surface area contributed by atoms with Crippen LogP contribution in [0.2, 0.25) is 5.02 Å². The maximum absolute atomic E-state index is 15.8. The Hall–Kier alpha value is -4.09. The average molecular weight is 784 g/mol. The van der Waals surface area contributed by atoms with E-state index >= 15 is 4.79 Å². The van der Waals surface area contributed by atoms with Crippen molar-refractivity contribution in [2.45, 2.75) is 48.7 Å². The fraction of sp³-hybridized carbons (Fsp3) is 0.444. The summed E-state index contributed by atoms with van der Waals surface area (Å²) in [5, 5.41) is 2.84. The molecule has 1 fully saturated rings. The number of likely N-dealkylation sites (tertiary alicyclic amines) is 1. The van der Waals surface area contributed by atoms with Gasteiger partial charge in [0.1, 0.15) is 29.0 Å². The number of likely N-dealkylation sites (N-methyl/N-ethyl adjacent to an activating group) is 2. The molecule has 53 heavy (non-hydrogen) atoms. The zero-order chi connectivity index (χ0) is 39.1. The molecular formula is C36H43ClF3N4O8S+. The van der Waals surface area contributed by atoms with Crippen LogP contribution >= 0.6 is 11.6 Å². The molecule has 0 saturated carbocycles. The van der Waals surface area contributed by atoms with Crippen LogP contribution in [0.25, 0.3) is 0 Å². The number of nitrogens with one attached hydrogen (secondary N) is 1. The first-order valence-corrected chi connectivity index (χ1v) is 18.5. The second-order valence-corrected chi connectivity index (χ2v) is 15.7. The number of benzene rings is 3. The van der Waals surface area contributed by atoms with Gasteiger partial charge in [-0.1, -0.05) is 23.2 Å². The summed E-state index contributed by atoms with van der Waals surface area (Å²) in [5.74, 6) is -2.54. The number of hydrogen-bond acceptors (Lipinski definition) is 9. The topological polar surface area (TPSA) is 124 Å². The van der Waals surface area contributed by atoms with Gasteiger partial charge in [-0.25, -0.2) is 8.42 Å². The van der Waals surface area contributed by atoms with E-state index in [1.165, 1.54) is 39.5 Å². The van der Waals surface area contributed by atoms with Crippen molar-refractivity contribution in [1.29, 1.82) is 0 Å². The van der Waals surface area contributed by atoms with E-state index in [1.807, 2.05) is 19.0 Å². The molecule has 2 unspecified atom stereocenters. The molecule has 2 amide bonds. The first kappa shape index (κ1) is 40.1. The quantitative estimate of drug-likeness (QED) is 0.192. The summed E-state index contributed by atoms with van der Waals surface area (Å²) in [6.45, 7) is 2.91. The van der Waals surface area contributed by atoms with E-state index in [2.05, 4.69) is 10.1 Å². The molecule has 12 nitrogen and oxygen atoms in total. The number of ether oxygens (including phenoxy) is 4. The summed E-state index contributed by atoms with van der Waals surface area (Å²) in [6, 6.07) is 11.0. The van der Waals surface area contributed by atoms with E-state index in [9.17, 15) is 26.4 Å². The number of fused-ring (bicyclic) bond motifs is 1. The molecule has 1 N–H and O–H groups in total. The highest BCUT2D eigenvalue weighted by Crippen LogP contribution is 2.58. The summed E-state index contributed by atoms with van der Waals surface area (Å²) in [5.41, 5.74) is -1.27. The Kier molecular flexibility index (Phi) is 11.3. The number of quaternary nitrogens is 1. The van der Waals surface area contributed by atoms with Crippen LogP contribution in [0.3, 0.4) is 0 Å². The van der Waals surface area contributed by atoms with Crippen LogP contribution in [0.5, 0.6) is 17.2 Å².